The van der Waals surface area contributed by atoms with Crippen LogP contribution in [0.3, 0.4) is 0 Å². The van der Waals surface area contributed by atoms with Gasteiger partial charge in [0, 0.05) is 30.3 Å². The van der Waals surface area contributed by atoms with Gasteiger partial charge in [0.2, 0.25) is 0 Å². The Balaban J connectivity index is 1.90. The third kappa shape index (κ3) is 3.31. The maximum Gasteiger partial charge on any atom is 0.122 e. The van der Waals surface area contributed by atoms with E-state index < -0.39 is 0 Å². The van der Waals surface area contributed by atoms with Crippen molar-refractivity contribution in [1.82, 2.24) is 9.55 Å². The zero-order valence-electron chi connectivity index (χ0n) is 13.2. The van der Waals surface area contributed by atoms with E-state index in [9.17, 15) is 0 Å². The average molecular weight is 304 g/mol. The summed E-state index contributed by atoms with van der Waals surface area (Å²) in [4.78, 5) is 4.75. The van der Waals surface area contributed by atoms with E-state index in [1.807, 2.05) is 30.3 Å². The summed E-state index contributed by atoms with van der Waals surface area (Å²) in [7, 11) is 0. The molecule has 4 heteroatoms. The molecule has 0 spiro atoms. The smallest absolute Gasteiger partial charge is 0.122 e. The Morgan fingerprint density at radius 3 is 2.39 bits per heavy atom. The molecule has 0 aliphatic heterocycles. The van der Waals surface area contributed by atoms with E-state index in [-0.39, 0.29) is 5.84 Å². The van der Waals surface area contributed by atoms with Crippen molar-refractivity contribution in [2.75, 3.05) is 0 Å². The van der Waals surface area contributed by atoms with Gasteiger partial charge in [0.25, 0.3) is 0 Å². The van der Waals surface area contributed by atoms with Crippen LogP contribution in [-0.4, -0.2) is 15.4 Å². The molecule has 4 nitrogen and oxygen atoms in total. The van der Waals surface area contributed by atoms with Crippen molar-refractivity contribution in [2.24, 2.45) is 5.73 Å². The van der Waals surface area contributed by atoms with Crippen molar-refractivity contribution in [3.63, 3.8) is 0 Å². The van der Waals surface area contributed by atoms with Crippen LogP contribution in [0.5, 0.6) is 0 Å². The summed E-state index contributed by atoms with van der Waals surface area (Å²) in [6.07, 6.45) is 2.98. The molecule has 1 heterocycles. The van der Waals surface area contributed by atoms with Crippen molar-refractivity contribution in [2.45, 2.75) is 19.9 Å². The molecule has 1 aromatic heterocycles. The Labute approximate surface area is 136 Å². The van der Waals surface area contributed by atoms with Gasteiger partial charge in [-0.3, -0.25) is 5.41 Å². The minimum atomic E-state index is 0.0837. The number of hydrogen-bond donors (Lipinski definition) is 2. The Morgan fingerprint density at radius 2 is 1.78 bits per heavy atom. The highest BCUT2D eigenvalue weighted by Gasteiger charge is 2.09. The van der Waals surface area contributed by atoms with Crippen molar-refractivity contribution in [3.05, 3.63) is 77.7 Å². The normalized spacial score (nSPS) is 10.7. The van der Waals surface area contributed by atoms with Gasteiger partial charge in [-0.15, -0.1) is 0 Å². The van der Waals surface area contributed by atoms with Crippen LogP contribution in [0, 0.1) is 5.41 Å². The first-order chi connectivity index (χ1) is 11.2. The SMILES string of the molecule is CCc1nc(-c2ccc(C(=N)N)cc2)cn1Cc1ccccc1. The summed E-state index contributed by atoms with van der Waals surface area (Å²) in [5, 5.41) is 7.46. The molecule has 0 saturated heterocycles. The number of rotatable bonds is 5. The minimum Gasteiger partial charge on any atom is -0.384 e. The first-order valence-electron chi connectivity index (χ1n) is 7.72. The van der Waals surface area contributed by atoms with Gasteiger partial charge in [-0.1, -0.05) is 61.5 Å². The molecule has 0 amide bonds. The van der Waals surface area contributed by atoms with E-state index in [1.54, 1.807) is 0 Å². The highest BCUT2D eigenvalue weighted by molar-refractivity contribution is 5.95. The van der Waals surface area contributed by atoms with Crippen molar-refractivity contribution >= 4 is 5.84 Å². The molecule has 0 radical (unpaired) electrons. The minimum absolute atomic E-state index is 0.0837. The lowest BCUT2D eigenvalue weighted by Crippen LogP contribution is -2.10. The number of aryl methyl sites for hydroxylation is 1. The second-order valence-corrected chi connectivity index (χ2v) is 5.50. The van der Waals surface area contributed by atoms with E-state index >= 15 is 0 Å². The number of nitrogens with zero attached hydrogens (tertiary/aromatic N) is 2. The Hall–Kier alpha value is -2.88. The number of benzene rings is 2. The quantitative estimate of drug-likeness (QED) is 0.560. The third-order valence-corrected chi connectivity index (χ3v) is 3.86. The molecule has 3 N–H and O–H groups in total. The summed E-state index contributed by atoms with van der Waals surface area (Å²) in [6, 6.07) is 18.0. The van der Waals surface area contributed by atoms with Crippen LogP contribution in [0.2, 0.25) is 0 Å². The first kappa shape index (κ1) is 15.0. The largest absolute Gasteiger partial charge is 0.384 e. The standard InChI is InChI=1S/C19H20N4/c1-2-18-22-17(15-8-10-16(11-9-15)19(20)21)13-23(18)12-14-6-4-3-5-7-14/h3-11,13H,2,12H2,1H3,(H3,20,21). The van der Waals surface area contributed by atoms with Crippen LogP contribution in [0.15, 0.2) is 60.8 Å². The molecular formula is C19H20N4. The summed E-state index contributed by atoms with van der Waals surface area (Å²) in [6.45, 7) is 2.94. The molecule has 0 atom stereocenters. The van der Waals surface area contributed by atoms with Gasteiger partial charge < -0.3 is 10.3 Å². The molecule has 0 aliphatic carbocycles. The molecule has 0 bridgehead atoms. The van der Waals surface area contributed by atoms with Crippen LogP contribution in [0.4, 0.5) is 0 Å². The molecule has 23 heavy (non-hydrogen) atoms. The average Bonchev–Trinajstić information content (AvgIpc) is 2.99. The lowest BCUT2D eigenvalue weighted by atomic mass is 10.1. The first-order valence-corrected chi connectivity index (χ1v) is 7.72. The van der Waals surface area contributed by atoms with E-state index in [4.69, 9.17) is 16.1 Å². The fraction of sp³-hybridized carbons (Fsp3) is 0.158. The number of nitrogens with two attached hydrogens (primary N) is 1. The predicted molar refractivity (Wildman–Crippen MR) is 93.6 cm³/mol. The third-order valence-electron chi connectivity index (χ3n) is 3.86. The van der Waals surface area contributed by atoms with Gasteiger partial charge in [0.05, 0.1) is 5.69 Å². The summed E-state index contributed by atoms with van der Waals surface area (Å²) >= 11 is 0. The highest BCUT2D eigenvalue weighted by Crippen LogP contribution is 2.20. The maximum absolute atomic E-state index is 7.46. The van der Waals surface area contributed by atoms with E-state index in [0.29, 0.717) is 0 Å². The van der Waals surface area contributed by atoms with Gasteiger partial charge in [0.1, 0.15) is 11.7 Å². The number of imidazole rings is 1. The molecule has 0 aliphatic rings. The lowest BCUT2D eigenvalue weighted by Gasteiger charge is -2.05. The lowest BCUT2D eigenvalue weighted by molar-refractivity contribution is 0.732. The number of amidine groups is 1. The number of hydrogen-bond acceptors (Lipinski definition) is 2. The molecule has 0 unspecified atom stereocenters. The fourth-order valence-corrected chi connectivity index (χ4v) is 2.61. The monoisotopic (exact) mass is 304 g/mol. The second-order valence-electron chi connectivity index (χ2n) is 5.50. The second kappa shape index (κ2) is 6.48. The van der Waals surface area contributed by atoms with Gasteiger partial charge in [-0.2, -0.15) is 0 Å². The Morgan fingerprint density at radius 1 is 1.09 bits per heavy atom. The Bertz CT molecular complexity index is 801. The van der Waals surface area contributed by atoms with Crippen LogP contribution >= 0.6 is 0 Å². The molecule has 3 aromatic rings. The van der Waals surface area contributed by atoms with Gasteiger partial charge in [0.15, 0.2) is 0 Å². The molecule has 2 aromatic carbocycles. The number of nitrogen functional groups attached to an aromatic ring is 1. The summed E-state index contributed by atoms with van der Waals surface area (Å²) < 4.78 is 2.20. The zero-order valence-corrected chi connectivity index (χ0v) is 13.2. The topological polar surface area (TPSA) is 67.7 Å². The summed E-state index contributed by atoms with van der Waals surface area (Å²) in [5.41, 5.74) is 9.48. The van der Waals surface area contributed by atoms with Crippen molar-refractivity contribution in [3.8, 4) is 11.3 Å². The van der Waals surface area contributed by atoms with Crippen LogP contribution in [0.25, 0.3) is 11.3 Å². The summed E-state index contributed by atoms with van der Waals surface area (Å²) in [5.74, 6) is 1.15. The number of nitrogens with one attached hydrogen (secondary N) is 1. The number of aromatic nitrogens is 2. The fourth-order valence-electron chi connectivity index (χ4n) is 2.61. The van der Waals surface area contributed by atoms with Crippen molar-refractivity contribution in [1.29, 1.82) is 5.41 Å². The van der Waals surface area contributed by atoms with Crippen LogP contribution in [-0.2, 0) is 13.0 Å². The Kier molecular flexibility index (Phi) is 4.24. The van der Waals surface area contributed by atoms with Crippen molar-refractivity contribution < 1.29 is 0 Å². The zero-order chi connectivity index (χ0) is 16.2. The molecule has 0 saturated carbocycles. The van der Waals surface area contributed by atoms with E-state index in [0.717, 1.165) is 35.6 Å². The maximum atomic E-state index is 7.46. The molecule has 0 fully saturated rings. The van der Waals surface area contributed by atoms with Gasteiger partial charge >= 0.3 is 0 Å². The molecular weight excluding hydrogens is 284 g/mol. The van der Waals surface area contributed by atoms with E-state index in [1.165, 1.54) is 5.56 Å². The predicted octanol–water partition coefficient (Wildman–Crippen LogP) is 3.44. The highest BCUT2D eigenvalue weighted by atomic mass is 15.1. The van der Waals surface area contributed by atoms with Crippen LogP contribution < -0.4 is 5.73 Å². The molecule has 116 valence electrons. The van der Waals surface area contributed by atoms with Crippen LogP contribution in [0.1, 0.15) is 23.9 Å². The molecule has 3 rings (SSSR count). The van der Waals surface area contributed by atoms with Gasteiger partial charge in [-0.05, 0) is 5.56 Å². The van der Waals surface area contributed by atoms with E-state index in [2.05, 4.69) is 42.0 Å². The van der Waals surface area contributed by atoms with Gasteiger partial charge in [-0.25, -0.2) is 4.98 Å².